The Hall–Kier alpha value is -3.28. The highest BCUT2D eigenvalue weighted by Gasteiger charge is 2.09. The zero-order chi connectivity index (χ0) is 17.1. The molecule has 0 saturated carbocycles. The van der Waals surface area contributed by atoms with Gasteiger partial charge in [-0.15, -0.1) is 0 Å². The van der Waals surface area contributed by atoms with Crippen molar-refractivity contribution < 1.29 is 0 Å². The molecule has 0 aliphatic carbocycles. The second kappa shape index (κ2) is 6.68. The second-order valence-corrected chi connectivity index (χ2v) is 5.88. The molecule has 6 heteroatoms. The Labute approximate surface area is 145 Å². The van der Waals surface area contributed by atoms with Crippen LogP contribution in [0.4, 0.5) is 5.82 Å². The van der Waals surface area contributed by atoms with Gasteiger partial charge in [0.1, 0.15) is 12.1 Å². The van der Waals surface area contributed by atoms with Crippen molar-refractivity contribution in [1.29, 1.82) is 0 Å². The average Bonchev–Trinajstić information content (AvgIpc) is 3.13. The van der Waals surface area contributed by atoms with Gasteiger partial charge >= 0.3 is 0 Å². The third-order valence-corrected chi connectivity index (χ3v) is 4.02. The van der Waals surface area contributed by atoms with Crippen molar-refractivity contribution in [1.82, 2.24) is 24.6 Å². The largest absolute Gasteiger partial charge is 0.370 e. The fourth-order valence-corrected chi connectivity index (χ4v) is 2.67. The van der Waals surface area contributed by atoms with Crippen molar-refractivity contribution in [2.45, 2.75) is 13.3 Å². The number of hydrogen-bond acceptors (Lipinski definition) is 5. The van der Waals surface area contributed by atoms with Crippen LogP contribution in [0.25, 0.3) is 17.2 Å². The molecule has 0 fully saturated rings. The number of aromatic nitrogens is 5. The van der Waals surface area contributed by atoms with E-state index in [0.29, 0.717) is 5.78 Å². The van der Waals surface area contributed by atoms with Crippen molar-refractivity contribution in [3.05, 3.63) is 72.2 Å². The molecule has 0 radical (unpaired) electrons. The van der Waals surface area contributed by atoms with E-state index in [0.717, 1.165) is 30.2 Å². The lowest BCUT2D eigenvalue weighted by Crippen LogP contribution is -2.10. The van der Waals surface area contributed by atoms with Crippen LogP contribution < -0.4 is 5.32 Å². The Bertz CT molecular complexity index is 976. The monoisotopic (exact) mass is 330 g/mol. The number of aryl methyl sites for hydroxylation is 1. The number of anilines is 1. The maximum atomic E-state index is 4.53. The standard InChI is InChI=1S/C19H18N6/c1-14-5-7-15(8-6-14)9-11-21-18-12-17(16-4-2-3-10-20-16)24-19-22-13-23-25(18)19/h2-8,10,12-13,21H,9,11H2,1H3. The van der Waals surface area contributed by atoms with Crippen LogP contribution in [0.3, 0.4) is 0 Å². The minimum atomic E-state index is 0.556. The third-order valence-electron chi connectivity index (χ3n) is 4.02. The van der Waals surface area contributed by atoms with Gasteiger partial charge in [-0.05, 0) is 31.0 Å². The summed E-state index contributed by atoms with van der Waals surface area (Å²) in [4.78, 5) is 13.1. The molecule has 0 atom stereocenters. The SMILES string of the molecule is Cc1ccc(CCNc2cc(-c3ccccn3)nc3ncnn23)cc1. The molecule has 124 valence electrons. The second-order valence-electron chi connectivity index (χ2n) is 5.88. The van der Waals surface area contributed by atoms with Gasteiger partial charge in [0.25, 0.3) is 5.78 Å². The van der Waals surface area contributed by atoms with E-state index < -0.39 is 0 Å². The molecule has 0 unspecified atom stereocenters. The van der Waals surface area contributed by atoms with Crippen molar-refractivity contribution >= 4 is 11.6 Å². The zero-order valence-corrected chi connectivity index (χ0v) is 13.9. The van der Waals surface area contributed by atoms with E-state index in [-0.39, 0.29) is 0 Å². The van der Waals surface area contributed by atoms with E-state index in [9.17, 15) is 0 Å². The molecule has 0 spiro atoms. The van der Waals surface area contributed by atoms with Crippen LogP contribution >= 0.6 is 0 Å². The summed E-state index contributed by atoms with van der Waals surface area (Å²) < 4.78 is 1.71. The summed E-state index contributed by atoms with van der Waals surface area (Å²) in [7, 11) is 0. The Morgan fingerprint density at radius 2 is 1.88 bits per heavy atom. The summed E-state index contributed by atoms with van der Waals surface area (Å²) in [5.74, 6) is 1.41. The van der Waals surface area contributed by atoms with Gasteiger partial charge in [0.15, 0.2) is 0 Å². The Morgan fingerprint density at radius 1 is 1.00 bits per heavy atom. The number of hydrogen-bond donors (Lipinski definition) is 1. The topological polar surface area (TPSA) is 68.0 Å². The predicted molar refractivity (Wildman–Crippen MR) is 97.4 cm³/mol. The van der Waals surface area contributed by atoms with Crippen molar-refractivity contribution in [2.24, 2.45) is 0 Å². The molecule has 1 N–H and O–H groups in total. The minimum absolute atomic E-state index is 0.556. The first kappa shape index (κ1) is 15.3. The smallest absolute Gasteiger partial charge is 0.254 e. The summed E-state index contributed by atoms with van der Waals surface area (Å²) >= 11 is 0. The zero-order valence-electron chi connectivity index (χ0n) is 13.9. The molecule has 4 aromatic rings. The van der Waals surface area contributed by atoms with Gasteiger partial charge in [0.2, 0.25) is 0 Å². The molecule has 1 aromatic carbocycles. The lowest BCUT2D eigenvalue weighted by atomic mass is 10.1. The summed E-state index contributed by atoms with van der Waals surface area (Å²) in [6.45, 7) is 2.89. The van der Waals surface area contributed by atoms with Gasteiger partial charge in [0, 0.05) is 18.8 Å². The van der Waals surface area contributed by atoms with Gasteiger partial charge in [-0.25, -0.2) is 4.98 Å². The molecule has 3 aromatic heterocycles. The van der Waals surface area contributed by atoms with Gasteiger partial charge in [-0.2, -0.15) is 14.6 Å². The molecular weight excluding hydrogens is 312 g/mol. The first-order chi connectivity index (χ1) is 12.3. The molecule has 0 saturated heterocycles. The fraction of sp³-hybridized carbons (Fsp3) is 0.158. The molecular formula is C19H18N6. The van der Waals surface area contributed by atoms with E-state index in [1.165, 1.54) is 17.5 Å². The average molecular weight is 330 g/mol. The molecule has 4 rings (SSSR count). The summed E-state index contributed by atoms with van der Waals surface area (Å²) in [6, 6.07) is 16.3. The van der Waals surface area contributed by atoms with Gasteiger partial charge < -0.3 is 5.32 Å². The van der Waals surface area contributed by atoms with Crippen LogP contribution in [0.1, 0.15) is 11.1 Å². The van der Waals surface area contributed by atoms with E-state index in [1.54, 1.807) is 10.7 Å². The highest BCUT2D eigenvalue weighted by molar-refractivity contribution is 5.61. The Morgan fingerprint density at radius 3 is 2.68 bits per heavy atom. The van der Waals surface area contributed by atoms with Crippen molar-refractivity contribution in [3.8, 4) is 11.4 Å². The van der Waals surface area contributed by atoms with E-state index >= 15 is 0 Å². The van der Waals surface area contributed by atoms with Crippen LogP contribution in [0, 0.1) is 6.92 Å². The number of pyridine rings is 1. The van der Waals surface area contributed by atoms with E-state index in [1.807, 2.05) is 24.3 Å². The van der Waals surface area contributed by atoms with Crippen LogP contribution in [-0.2, 0) is 6.42 Å². The van der Waals surface area contributed by atoms with E-state index in [4.69, 9.17) is 0 Å². The number of nitrogens with one attached hydrogen (secondary N) is 1. The third kappa shape index (κ3) is 3.33. The summed E-state index contributed by atoms with van der Waals surface area (Å²) in [5.41, 5.74) is 4.16. The van der Waals surface area contributed by atoms with Gasteiger partial charge in [-0.3, -0.25) is 4.98 Å². The molecule has 0 amide bonds. The van der Waals surface area contributed by atoms with Crippen LogP contribution in [0.2, 0.25) is 0 Å². The fourth-order valence-electron chi connectivity index (χ4n) is 2.67. The maximum absolute atomic E-state index is 4.53. The molecule has 25 heavy (non-hydrogen) atoms. The predicted octanol–water partition coefficient (Wildman–Crippen LogP) is 3.15. The Kier molecular flexibility index (Phi) is 4.08. The summed E-state index contributed by atoms with van der Waals surface area (Å²) in [6.07, 6.45) is 4.20. The Balaban J connectivity index is 1.58. The number of fused-ring (bicyclic) bond motifs is 1. The first-order valence-electron chi connectivity index (χ1n) is 8.21. The van der Waals surface area contributed by atoms with Gasteiger partial charge in [0.05, 0.1) is 11.4 Å². The van der Waals surface area contributed by atoms with Gasteiger partial charge in [-0.1, -0.05) is 35.9 Å². The molecule has 0 aliphatic heterocycles. The molecule has 0 aliphatic rings. The van der Waals surface area contributed by atoms with Crippen LogP contribution in [0.5, 0.6) is 0 Å². The lowest BCUT2D eigenvalue weighted by Gasteiger charge is -2.10. The molecule has 6 nitrogen and oxygen atoms in total. The minimum Gasteiger partial charge on any atom is -0.370 e. The highest BCUT2D eigenvalue weighted by Crippen LogP contribution is 2.19. The van der Waals surface area contributed by atoms with Crippen molar-refractivity contribution in [2.75, 3.05) is 11.9 Å². The highest BCUT2D eigenvalue weighted by atomic mass is 15.3. The normalized spacial score (nSPS) is 10.9. The lowest BCUT2D eigenvalue weighted by molar-refractivity contribution is 0.913. The van der Waals surface area contributed by atoms with Crippen LogP contribution in [-0.4, -0.2) is 31.1 Å². The maximum Gasteiger partial charge on any atom is 0.254 e. The molecule has 3 heterocycles. The molecule has 0 bridgehead atoms. The quantitative estimate of drug-likeness (QED) is 0.609. The summed E-state index contributed by atoms with van der Waals surface area (Å²) in [5, 5.41) is 7.69. The number of benzene rings is 1. The number of nitrogens with zero attached hydrogens (tertiary/aromatic N) is 5. The first-order valence-corrected chi connectivity index (χ1v) is 8.21. The van der Waals surface area contributed by atoms with Crippen LogP contribution in [0.15, 0.2) is 61.1 Å². The van der Waals surface area contributed by atoms with Crippen molar-refractivity contribution in [3.63, 3.8) is 0 Å². The number of rotatable bonds is 5. The van der Waals surface area contributed by atoms with E-state index in [2.05, 4.69) is 56.6 Å².